The number of aromatic nitrogens is 1. The highest BCUT2D eigenvalue weighted by molar-refractivity contribution is 5.94. The molecule has 6 nitrogen and oxygen atoms in total. The first-order valence-corrected chi connectivity index (χ1v) is 8.39. The largest absolute Gasteiger partial charge is 0.359 e. The van der Waals surface area contributed by atoms with Gasteiger partial charge in [-0.2, -0.15) is 0 Å². The average molecular weight is 339 g/mol. The lowest BCUT2D eigenvalue weighted by Crippen LogP contribution is -2.45. The number of H-pyrrole nitrogens is 1. The zero-order chi connectivity index (χ0) is 17.8. The van der Waals surface area contributed by atoms with Crippen molar-refractivity contribution in [1.29, 1.82) is 0 Å². The van der Waals surface area contributed by atoms with E-state index in [1.165, 1.54) is 0 Å². The molecule has 1 aromatic heterocycles. The Morgan fingerprint density at radius 1 is 1.16 bits per heavy atom. The Morgan fingerprint density at radius 3 is 2.60 bits per heavy atom. The van der Waals surface area contributed by atoms with Gasteiger partial charge in [0.15, 0.2) is 0 Å². The number of amides is 2. The van der Waals surface area contributed by atoms with Crippen molar-refractivity contribution < 1.29 is 9.59 Å². The molecule has 2 amide bonds. The third-order valence-electron chi connectivity index (χ3n) is 4.55. The van der Waals surface area contributed by atoms with Crippen molar-refractivity contribution in [2.24, 2.45) is 5.92 Å². The second-order valence-corrected chi connectivity index (χ2v) is 6.19. The number of piperidine rings is 1. The molecule has 1 atom stereocenters. The molecule has 1 aliphatic rings. The molecule has 3 rings (SSSR count). The summed E-state index contributed by atoms with van der Waals surface area (Å²) in [6, 6.07) is 12.8. The summed E-state index contributed by atoms with van der Waals surface area (Å²) in [5, 5.41) is 2.63. The standard InChI is InChI=1S/C19H21N3O3/c1-20-17(23)14-8-5-11-22(12-14)19(25)15-9-10-16(21-18(15)24)13-6-3-2-4-7-13/h2-4,6-7,9-10,14H,5,8,11-12H2,1H3,(H,20,23)(H,21,24). The molecule has 2 N–H and O–H groups in total. The number of hydrogen-bond donors (Lipinski definition) is 2. The van der Waals surface area contributed by atoms with Crippen LogP contribution in [-0.4, -0.2) is 41.8 Å². The van der Waals surface area contributed by atoms with Crippen molar-refractivity contribution in [3.8, 4) is 11.3 Å². The van der Waals surface area contributed by atoms with Crippen LogP contribution < -0.4 is 10.9 Å². The van der Waals surface area contributed by atoms with Crippen LogP contribution >= 0.6 is 0 Å². The lowest BCUT2D eigenvalue weighted by atomic mass is 9.96. The molecular formula is C19H21N3O3. The predicted octanol–water partition coefficient (Wildman–Crippen LogP) is 1.64. The number of carbonyl (C=O) groups excluding carboxylic acids is 2. The van der Waals surface area contributed by atoms with E-state index in [-0.39, 0.29) is 23.3 Å². The van der Waals surface area contributed by atoms with Gasteiger partial charge in [-0.05, 0) is 30.5 Å². The Morgan fingerprint density at radius 2 is 1.92 bits per heavy atom. The van der Waals surface area contributed by atoms with Crippen LogP contribution in [0.5, 0.6) is 0 Å². The lowest BCUT2D eigenvalue weighted by Gasteiger charge is -2.31. The second kappa shape index (κ2) is 7.34. The number of benzene rings is 1. The molecule has 25 heavy (non-hydrogen) atoms. The van der Waals surface area contributed by atoms with Crippen molar-refractivity contribution in [3.63, 3.8) is 0 Å². The predicted molar refractivity (Wildman–Crippen MR) is 95.2 cm³/mol. The van der Waals surface area contributed by atoms with Gasteiger partial charge in [-0.1, -0.05) is 30.3 Å². The third kappa shape index (κ3) is 3.63. The second-order valence-electron chi connectivity index (χ2n) is 6.19. The Kier molecular flexibility index (Phi) is 4.97. The maximum atomic E-state index is 12.7. The van der Waals surface area contributed by atoms with Gasteiger partial charge >= 0.3 is 0 Å². The molecule has 2 heterocycles. The Balaban J connectivity index is 1.81. The van der Waals surface area contributed by atoms with Crippen LogP contribution in [0.15, 0.2) is 47.3 Å². The van der Waals surface area contributed by atoms with Gasteiger partial charge in [0.05, 0.1) is 5.92 Å². The summed E-state index contributed by atoms with van der Waals surface area (Å²) in [4.78, 5) is 41.3. The van der Waals surface area contributed by atoms with Crippen LogP contribution in [0, 0.1) is 5.92 Å². The van der Waals surface area contributed by atoms with Crippen molar-refractivity contribution in [3.05, 3.63) is 58.4 Å². The van der Waals surface area contributed by atoms with E-state index in [0.717, 1.165) is 18.4 Å². The topological polar surface area (TPSA) is 82.3 Å². The van der Waals surface area contributed by atoms with Gasteiger partial charge in [-0.3, -0.25) is 14.4 Å². The fourth-order valence-electron chi connectivity index (χ4n) is 3.18. The Bertz CT molecular complexity index is 829. The van der Waals surface area contributed by atoms with E-state index in [1.807, 2.05) is 30.3 Å². The van der Waals surface area contributed by atoms with Crippen molar-refractivity contribution in [1.82, 2.24) is 15.2 Å². The molecule has 1 aromatic carbocycles. The van der Waals surface area contributed by atoms with Crippen LogP contribution in [0.1, 0.15) is 23.2 Å². The number of pyridine rings is 1. The van der Waals surface area contributed by atoms with Gasteiger partial charge in [0.25, 0.3) is 11.5 Å². The maximum absolute atomic E-state index is 12.7. The molecule has 1 unspecified atom stereocenters. The van der Waals surface area contributed by atoms with E-state index < -0.39 is 5.56 Å². The number of hydrogen-bond acceptors (Lipinski definition) is 3. The van der Waals surface area contributed by atoms with E-state index in [4.69, 9.17) is 0 Å². The molecule has 1 saturated heterocycles. The first kappa shape index (κ1) is 17.0. The quantitative estimate of drug-likeness (QED) is 0.892. The summed E-state index contributed by atoms with van der Waals surface area (Å²) in [6.45, 7) is 0.907. The van der Waals surface area contributed by atoms with Crippen molar-refractivity contribution >= 4 is 11.8 Å². The summed E-state index contributed by atoms with van der Waals surface area (Å²) < 4.78 is 0. The summed E-state index contributed by atoms with van der Waals surface area (Å²) in [5.41, 5.74) is 1.26. The van der Waals surface area contributed by atoms with Gasteiger partial charge in [-0.15, -0.1) is 0 Å². The lowest BCUT2D eigenvalue weighted by molar-refractivity contribution is -0.125. The van der Waals surface area contributed by atoms with Gasteiger partial charge < -0.3 is 15.2 Å². The first-order valence-electron chi connectivity index (χ1n) is 8.39. The highest BCUT2D eigenvalue weighted by atomic mass is 16.2. The first-order chi connectivity index (χ1) is 12.1. The summed E-state index contributed by atoms with van der Waals surface area (Å²) in [7, 11) is 1.59. The van der Waals surface area contributed by atoms with E-state index in [2.05, 4.69) is 10.3 Å². The number of nitrogens with zero attached hydrogens (tertiary/aromatic N) is 1. The number of aromatic amines is 1. The minimum atomic E-state index is -0.409. The molecule has 0 aliphatic carbocycles. The average Bonchev–Trinajstić information content (AvgIpc) is 2.67. The molecule has 2 aromatic rings. The smallest absolute Gasteiger partial charge is 0.261 e. The molecule has 0 saturated carbocycles. The molecular weight excluding hydrogens is 318 g/mol. The van der Waals surface area contributed by atoms with Crippen LogP contribution in [0.3, 0.4) is 0 Å². The van der Waals surface area contributed by atoms with Gasteiger partial charge in [-0.25, -0.2) is 0 Å². The van der Waals surface area contributed by atoms with Crippen LogP contribution in [0.25, 0.3) is 11.3 Å². The summed E-state index contributed by atoms with van der Waals surface area (Å²) in [6.07, 6.45) is 1.51. The molecule has 0 bridgehead atoms. The van der Waals surface area contributed by atoms with E-state index in [1.54, 1.807) is 24.1 Å². The van der Waals surface area contributed by atoms with E-state index >= 15 is 0 Å². The van der Waals surface area contributed by atoms with Crippen molar-refractivity contribution in [2.45, 2.75) is 12.8 Å². The van der Waals surface area contributed by atoms with Gasteiger partial charge in [0, 0.05) is 25.8 Å². The SMILES string of the molecule is CNC(=O)C1CCCN(C(=O)c2ccc(-c3ccccc3)[nH]c2=O)C1. The zero-order valence-corrected chi connectivity index (χ0v) is 14.1. The molecule has 6 heteroatoms. The zero-order valence-electron chi connectivity index (χ0n) is 14.1. The van der Waals surface area contributed by atoms with Crippen LogP contribution in [0.2, 0.25) is 0 Å². The highest BCUT2D eigenvalue weighted by Crippen LogP contribution is 2.19. The van der Waals surface area contributed by atoms with E-state index in [0.29, 0.717) is 18.8 Å². The number of likely N-dealkylation sites (tertiary alicyclic amines) is 1. The summed E-state index contributed by atoms with van der Waals surface area (Å²) in [5.74, 6) is -0.606. The Labute approximate surface area is 145 Å². The van der Waals surface area contributed by atoms with Crippen LogP contribution in [0.4, 0.5) is 0 Å². The van der Waals surface area contributed by atoms with Gasteiger partial charge in [0.2, 0.25) is 5.91 Å². The van der Waals surface area contributed by atoms with E-state index in [9.17, 15) is 14.4 Å². The number of carbonyl (C=O) groups is 2. The molecule has 0 radical (unpaired) electrons. The Hall–Kier alpha value is -2.89. The monoisotopic (exact) mass is 339 g/mol. The molecule has 1 fully saturated rings. The molecule has 130 valence electrons. The minimum Gasteiger partial charge on any atom is -0.359 e. The van der Waals surface area contributed by atoms with Gasteiger partial charge in [0.1, 0.15) is 5.56 Å². The fourth-order valence-corrected chi connectivity index (χ4v) is 3.18. The highest BCUT2D eigenvalue weighted by Gasteiger charge is 2.29. The summed E-state index contributed by atoms with van der Waals surface area (Å²) >= 11 is 0. The maximum Gasteiger partial charge on any atom is 0.261 e. The molecule has 1 aliphatic heterocycles. The fraction of sp³-hybridized carbons (Fsp3) is 0.316. The number of rotatable bonds is 3. The third-order valence-corrected chi connectivity index (χ3v) is 4.55. The van der Waals surface area contributed by atoms with Crippen molar-refractivity contribution in [2.75, 3.05) is 20.1 Å². The molecule has 0 spiro atoms. The number of nitrogens with one attached hydrogen (secondary N) is 2. The minimum absolute atomic E-state index is 0.0640. The van der Waals surface area contributed by atoms with Crippen LogP contribution in [-0.2, 0) is 4.79 Å². The normalized spacial score (nSPS) is 17.2.